The summed E-state index contributed by atoms with van der Waals surface area (Å²) in [6, 6.07) is 0. The van der Waals surface area contributed by atoms with Crippen LogP contribution in [0.1, 0.15) is 13.3 Å². The summed E-state index contributed by atoms with van der Waals surface area (Å²) >= 11 is 5.59. The quantitative estimate of drug-likeness (QED) is 0.239. The Kier molecular flexibility index (Phi) is 4.73. The van der Waals surface area contributed by atoms with Crippen LogP contribution in [0.2, 0.25) is 0 Å². The van der Waals surface area contributed by atoms with Crippen LogP contribution in [0, 0.1) is 0 Å². The number of alkyl halides is 1. The number of hydrogen-bond donors (Lipinski definition) is 6. The van der Waals surface area contributed by atoms with Crippen LogP contribution in [-0.4, -0.2) is 74.5 Å². The smallest absolute Gasteiger partial charge is 0.280 e. The molecule has 3 aliphatic heterocycles. The van der Waals surface area contributed by atoms with Gasteiger partial charge >= 0.3 is 0 Å². The van der Waals surface area contributed by atoms with Gasteiger partial charge in [0.1, 0.15) is 11.7 Å². The monoisotopic (exact) mass is 350 g/mol. The molecule has 9 nitrogen and oxygen atoms in total. The van der Waals surface area contributed by atoms with Crippen LogP contribution >= 0.6 is 11.6 Å². The first-order chi connectivity index (χ1) is 10.6. The Morgan fingerprint density at radius 3 is 2.65 bits per heavy atom. The van der Waals surface area contributed by atoms with Crippen LogP contribution in [0.25, 0.3) is 0 Å². The number of allylic oxidation sites excluding steroid dienone is 1. The van der Waals surface area contributed by atoms with Crippen molar-refractivity contribution in [1.29, 1.82) is 0 Å². The van der Waals surface area contributed by atoms with Gasteiger partial charge in [-0.25, -0.2) is 0 Å². The van der Waals surface area contributed by atoms with E-state index in [1.54, 1.807) is 0 Å². The second-order valence-corrected chi connectivity index (χ2v) is 6.06. The SMILES string of the molecule is C[C@](O)(CO)[C@@H](O)[C@@]12NC(=O)[C@@](O)(NC1=O)/C(=C/CCl)CCO2. The van der Waals surface area contributed by atoms with E-state index in [4.69, 9.17) is 16.3 Å². The van der Waals surface area contributed by atoms with E-state index in [0.717, 1.165) is 6.92 Å². The molecule has 10 heteroatoms. The second-order valence-electron chi connectivity index (χ2n) is 5.75. The van der Waals surface area contributed by atoms with E-state index >= 15 is 0 Å². The minimum absolute atomic E-state index is 0.00772. The lowest BCUT2D eigenvalue weighted by molar-refractivity contribution is -0.230. The summed E-state index contributed by atoms with van der Waals surface area (Å²) in [5.41, 5.74) is -6.63. The molecule has 3 saturated heterocycles. The van der Waals surface area contributed by atoms with Gasteiger partial charge in [0, 0.05) is 5.88 Å². The molecule has 2 bridgehead atoms. The molecule has 23 heavy (non-hydrogen) atoms. The van der Waals surface area contributed by atoms with Crippen molar-refractivity contribution in [2.75, 3.05) is 19.1 Å². The lowest BCUT2D eigenvalue weighted by atomic mass is 9.84. The second kappa shape index (κ2) is 6.00. The molecule has 3 fully saturated rings. The molecular formula is C13H19ClN2O7. The number of nitrogens with one attached hydrogen (secondary N) is 2. The normalized spacial score (nSPS) is 36.7. The minimum Gasteiger partial charge on any atom is -0.393 e. The van der Waals surface area contributed by atoms with Crippen molar-refractivity contribution in [3.8, 4) is 0 Å². The topological polar surface area (TPSA) is 148 Å². The summed E-state index contributed by atoms with van der Waals surface area (Å²) in [4.78, 5) is 24.7. The highest BCUT2D eigenvalue weighted by Crippen LogP contribution is 2.33. The van der Waals surface area contributed by atoms with Crippen molar-refractivity contribution < 1.29 is 34.8 Å². The Morgan fingerprint density at radius 1 is 1.43 bits per heavy atom. The van der Waals surface area contributed by atoms with Crippen LogP contribution < -0.4 is 10.6 Å². The molecule has 0 aliphatic carbocycles. The van der Waals surface area contributed by atoms with E-state index in [9.17, 15) is 30.0 Å². The van der Waals surface area contributed by atoms with Crippen molar-refractivity contribution in [3.05, 3.63) is 11.6 Å². The third kappa shape index (κ3) is 2.73. The summed E-state index contributed by atoms with van der Waals surface area (Å²) in [7, 11) is 0. The van der Waals surface area contributed by atoms with Gasteiger partial charge in [0.25, 0.3) is 17.5 Å². The van der Waals surface area contributed by atoms with Crippen LogP contribution in [-0.2, 0) is 14.3 Å². The Labute approximate surface area is 136 Å². The molecule has 0 aromatic carbocycles. The highest BCUT2D eigenvalue weighted by Gasteiger charge is 2.63. The predicted molar refractivity (Wildman–Crippen MR) is 77.1 cm³/mol. The largest absolute Gasteiger partial charge is 0.393 e. The molecule has 2 amide bonds. The number of aliphatic hydroxyl groups is 4. The fourth-order valence-corrected chi connectivity index (χ4v) is 2.79. The first-order valence-electron chi connectivity index (χ1n) is 6.92. The number of amides is 2. The molecule has 0 radical (unpaired) electrons. The Bertz CT molecular complexity index is 552. The Balaban J connectivity index is 2.47. The number of ether oxygens (including phenoxy) is 1. The van der Waals surface area contributed by atoms with Crippen LogP contribution in [0.4, 0.5) is 0 Å². The van der Waals surface area contributed by atoms with Crippen LogP contribution in [0.15, 0.2) is 11.6 Å². The predicted octanol–water partition coefficient (Wildman–Crippen LogP) is -2.69. The Morgan fingerprint density at radius 2 is 2.09 bits per heavy atom. The van der Waals surface area contributed by atoms with Crippen molar-refractivity contribution >= 4 is 23.4 Å². The molecule has 130 valence electrons. The zero-order chi connectivity index (χ0) is 17.5. The molecule has 4 atom stereocenters. The standard InChI is InChI=1S/C13H19ClN2O7/c1-11(21,6-17)8(18)13-10(20)15-12(22,9(19)16-13)7(2-4-14)3-5-23-13/h2,8,17-18,21-22H,3-6H2,1H3,(H,15,20)(H,16,19)/b7-2+/t8-,11+,12-,13+/m1/s1. The number of aliphatic hydroxyl groups excluding tert-OH is 2. The van der Waals surface area contributed by atoms with Crippen LogP contribution in [0.3, 0.4) is 0 Å². The average Bonchev–Trinajstić information content (AvgIpc) is 2.49. The molecule has 3 heterocycles. The van der Waals surface area contributed by atoms with E-state index in [2.05, 4.69) is 10.6 Å². The molecule has 0 aromatic rings. The first-order valence-corrected chi connectivity index (χ1v) is 7.46. The summed E-state index contributed by atoms with van der Waals surface area (Å²) in [5, 5.41) is 44.2. The molecule has 3 aliphatic rings. The highest BCUT2D eigenvalue weighted by molar-refractivity contribution is 6.19. The molecule has 0 saturated carbocycles. The summed E-state index contributed by atoms with van der Waals surface area (Å²) in [6.45, 7) is 0.0506. The number of carbonyl (C=O) groups excluding carboxylic acids is 2. The zero-order valence-corrected chi connectivity index (χ0v) is 13.1. The van der Waals surface area contributed by atoms with Crippen molar-refractivity contribution in [2.45, 2.75) is 36.5 Å². The summed E-state index contributed by atoms with van der Waals surface area (Å²) in [6.07, 6.45) is -0.539. The van der Waals surface area contributed by atoms with Crippen molar-refractivity contribution in [1.82, 2.24) is 10.6 Å². The number of fused-ring (bicyclic) bond motifs is 5. The number of piperazine rings is 1. The van der Waals surface area contributed by atoms with Crippen LogP contribution in [0.5, 0.6) is 0 Å². The van der Waals surface area contributed by atoms with Gasteiger partial charge in [-0.1, -0.05) is 6.08 Å². The summed E-state index contributed by atoms with van der Waals surface area (Å²) in [5.74, 6) is -2.09. The average molecular weight is 351 g/mol. The minimum atomic E-state index is -2.33. The lowest BCUT2D eigenvalue weighted by Gasteiger charge is -2.50. The van der Waals surface area contributed by atoms with E-state index in [0.29, 0.717) is 0 Å². The van der Waals surface area contributed by atoms with Crippen molar-refractivity contribution in [2.24, 2.45) is 0 Å². The number of carbonyl (C=O) groups is 2. The van der Waals surface area contributed by atoms with Gasteiger partial charge < -0.3 is 35.8 Å². The molecule has 0 aromatic heterocycles. The fraction of sp³-hybridized carbons (Fsp3) is 0.692. The fourth-order valence-electron chi connectivity index (χ4n) is 2.60. The van der Waals surface area contributed by atoms with Gasteiger partial charge in [0.05, 0.1) is 13.2 Å². The zero-order valence-electron chi connectivity index (χ0n) is 12.4. The van der Waals surface area contributed by atoms with Gasteiger partial charge in [-0.05, 0) is 18.9 Å². The molecule has 6 N–H and O–H groups in total. The van der Waals surface area contributed by atoms with E-state index in [-0.39, 0.29) is 24.5 Å². The first kappa shape index (κ1) is 18.1. The van der Waals surface area contributed by atoms with Gasteiger partial charge in [0.2, 0.25) is 5.72 Å². The maximum absolute atomic E-state index is 12.4. The van der Waals surface area contributed by atoms with Gasteiger partial charge in [0.15, 0.2) is 0 Å². The van der Waals surface area contributed by atoms with E-state index in [1.165, 1.54) is 6.08 Å². The lowest BCUT2D eigenvalue weighted by Crippen LogP contribution is -2.82. The number of halogens is 1. The van der Waals surface area contributed by atoms with Gasteiger partial charge in [-0.15, -0.1) is 11.6 Å². The number of hydrogen-bond acceptors (Lipinski definition) is 7. The Hall–Kier alpha value is -1.23. The third-order valence-electron chi connectivity index (χ3n) is 4.04. The van der Waals surface area contributed by atoms with E-state index in [1.807, 2.05) is 0 Å². The summed E-state index contributed by atoms with van der Waals surface area (Å²) < 4.78 is 5.35. The maximum Gasteiger partial charge on any atom is 0.280 e. The molecule has 0 unspecified atom stereocenters. The number of rotatable bonds is 4. The molecule has 0 spiro atoms. The molecular weight excluding hydrogens is 332 g/mol. The van der Waals surface area contributed by atoms with Gasteiger partial charge in [-0.3, -0.25) is 9.59 Å². The molecule has 3 rings (SSSR count). The van der Waals surface area contributed by atoms with Gasteiger partial charge in [-0.2, -0.15) is 0 Å². The third-order valence-corrected chi connectivity index (χ3v) is 4.20. The highest BCUT2D eigenvalue weighted by atomic mass is 35.5. The van der Waals surface area contributed by atoms with Crippen molar-refractivity contribution in [3.63, 3.8) is 0 Å². The maximum atomic E-state index is 12.4. The van der Waals surface area contributed by atoms with E-state index < -0.39 is 41.6 Å².